The van der Waals surface area contributed by atoms with Crippen LogP contribution in [0.2, 0.25) is 0 Å². The number of aromatic nitrogens is 2. The first-order chi connectivity index (χ1) is 9.15. The van der Waals surface area contributed by atoms with E-state index >= 15 is 0 Å². The summed E-state index contributed by atoms with van der Waals surface area (Å²) in [6, 6.07) is 6.31. The molecule has 0 aliphatic heterocycles. The second-order valence-corrected chi connectivity index (χ2v) is 4.54. The summed E-state index contributed by atoms with van der Waals surface area (Å²) >= 11 is 0. The highest BCUT2D eigenvalue weighted by Crippen LogP contribution is 2.23. The van der Waals surface area contributed by atoms with Gasteiger partial charge in [0.15, 0.2) is 5.82 Å². The van der Waals surface area contributed by atoms with Gasteiger partial charge in [-0.05, 0) is 38.0 Å². The number of anilines is 1. The third-order valence-electron chi connectivity index (χ3n) is 3.32. The zero-order chi connectivity index (χ0) is 13.8. The van der Waals surface area contributed by atoms with E-state index in [0.717, 1.165) is 6.54 Å². The average Bonchev–Trinajstić information content (AvgIpc) is 2.87. The highest BCUT2D eigenvalue weighted by Gasteiger charge is 2.13. The van der Waals surface area contributed by atoms with Crippen LogP contribution in [0.15, 0.2) is 22.7 Å². The van der Waals surface area contributed by atoms with Crippen molar-refractivity contribution in [2.75, 3.05) is 11.4 Å². The Bertz CT molecular complexity index is 556. The molecule has 0 atom stereocenters. The zero-order valence-electron chi connectivity index (χ0n) is 12.1. The van der Waals surface area contributed by atoms with Crippen molar-refractivity contribution in [3.63, 3.8) is 0 Å². The molecular weight excluding hydrogens is 276 g/mol. The van der Waals surface area contributed by atoms with Gasteiger partial charge in [-0.2, -0.15) is 4.98 Å². The van der Waals surface area contributed by atoms with E-state index in [1.54, 1.807) is 0 Å². The Morgan fingerprint density at radius 3 is 2.65 bits per heavy atom. The highest BCUT2D eigenvalue weighted by atomic mass is 35.5. The van der Waals surface area contributed by atoms with Gasteiger partial charge in [0.2, 0.25) is 5.89 Å². The van der Waals surface area contributed by atoms with E-state index in [2.05, 4.69) is 54.0 Å². The van der Waals surface area contributed by atoms with Gasteiger partial charge in [0.05, 0.1) is 13.1 Å². The fourth-order valence-corrected chi connectivity index (χ4v) is 2.05. The monoisotopic (exact) mass is 296 g/mol. The van der Waals surface area contributed by atoms with Crippen molar-refractivity contribution in [1.29, 1.82) is 0 Å². The third kappa shape index (κ3) is 3.49. The standard InChI is InChI=1S/C14H20N4O.ClH/c1-4-18(9-13-16-14(8-15)19-17-13)12-7-5-6-10(2)11(12)3;/h5-7H,4,8-9,15H2,1-3H3;1H. The van der Waals surface area contributed by atoms with Crippen LogP contribution in [0.25, 0.3) is 0 Å². The molecule has 0 aliphatic carbocycles. The summed E-state index contributed by atoms with van der Waals surface area (Å²) in [5.41, 5.74) is 9.25. The van der Waals surface area contributed by atoms with E-state index in [1.165, 1.54) is 16.8 Å². The molecule has 0 spiro atoms. The maximum absolute atomic E-state index is 5.47. The van der Waals surface area contributed by atoms with Crippen molar-refractivity contribution in [2.24, 2.45) is 5.73 Å². The number of nitrogens with zero attached hydrogens (tertiary/aromatic N) is 3. The van der Waals surface area contributed by atoms with Crippen molar-refractivity contribution in [3.8, 4) is 0 Å². The molecule has 0 saturated carbocycles. The minimum Gasteiger partial charge on any atom is -0.364 e. The molecule has 1 aromatic heterocycles. The van der Waals surface area contributed by atoms with Crippen molar-refractivity contribution in [3.05, 3.63) is 41.0 Å². The van der Waals surface area contributed by atoms with Gasteiger partial charge in [0.1, 0.15) is 0 Å². The summed E-state index contributed by atoms with van der Waals surface area (Å²) in [6.07, 6.45) is 0. The summed E-state index contributed by atoms with van der Waals surface area (Å²) in [5.74, 6) is 1.15. The van der Waals surface area contributed by atoms with Crippen LogP contribution in [-0.2, 0) is 13.1 Å². The molecule has 0 bridgehead atoms. The third-order valence-corrected chi connectivity index (χ3v) is 3.32. The van der Waals surface area contributed by atoms with Crippen LogP contribution in [0.1, 0.15) is 29.8 Å². The molecule has 5 nitrogen and oxygen atoms in total. The molecule has 0 aliphatic rings. The molecule has 1 aromatic carbocycles. The van der Waals surface area contributed by atoms with Gasteiger partial charge in [-0.3, -0.25) is 0 Å². The lowest BCUT2D eigenvalue weighted by molar-refractivity contribution is 0.374. The number of hydrogen-bond acceptors (Lipinski definition) is 5. The SMILES string of the molecule is CCN(Cc1noc(CN)n1)c1cccc(C)c1C.Cl. The summed E-state index contributed by atoms with van der Waals surface area (Å²) < 4.78 is 5.04. The van der Waals surface area contributed by atoms with Crippen LogP contribution in [0, 0.1) is 13.8 Å². The molecule has 2 aromatic rings. The number of nitrogens with two attached hydrogens (primary N) is 1. The number of hydrogen-bond donors (Lipinski definition) is 1. The Morgan fingerprint density at radius 1 is 1.30 bits per heavy atom. The van der Waals surface area contributed by atoms with Crippen molar-refractivity contribution >= 4 is 18.1 Å². The van der Waals surface area contributed by atoms with Crippen LogP contribution in [0.3, 0.4) is 0 Å². The summed E-state index contributed by atoms with van der Waals surface area (Å²) in [4.78, 5) is 6.48. The Morgan fingerprint density at radius 2 is 2.05 bits per heavy atom. The number of aryl methyl sites for hydroxylation is 1. The Labute approximate surface area is 125 Å². The molecular formula is C14H21ClN4O. The Hall–Kier alpha value is -1.59. The van der Waals surface area contributed by atoms with Gasteiger partial charge < -0.3 is 15.2 Å². The van der Waals surface area contributed by atoms with E-state index in [1.807, 2.05) is 0 Å². The summed E-state index contributed by atoms with van der Waals surface area (Å²) in [7, 11) is 0. The molecule has 1 heterocycles. The lowest BCUT2D eigenvalue weighted by atomic mass is 10.1. The largest absolute Gasteiger partial charge is 0.364 e. The molecule has 0 radical (unpaired) electrons. The smallest absolute Gasteiger partial charge is 0.240 e. The molecule has 0 fully saturated rings. The summed E-state index contributed by atoms with van der Waals surface area (Å²) in [5, 5.41) is 3.94. The molecule has 2 N–H and O–H groups in total. The molecule has 2 rings (SSSR count). The molecule has 0 unspecified atom stereocenters. The van der Waals surface area contributed by atoms with Gasteiger partial charge >= 0.3 is 0 Å². The van der Waals surface area contributed by atoms with Crippen molar-refractivity contribution < 1.29 is 4.52 Å². The van der Waals surface area contributed by atoms with Crippen LogP contribution in [0.4, 0.5) is 5.69 Å². The minimum atomic E-state index is 0. The van der Waals surface area contributed by atoms with Gasteiger partial charge in [-0.1, -0.05) is 17.3 Å². The molecule has 0 saturated heterocycles. The number of halogens is 1. The lowest BCUT2D eigenvalue weighted by Crippen LogP contribution is -2.23. The van der Waals surface area contributed by atoms with E-state index in [-0.39, 0.29) is 19.0 Å². The second-order valence-electron chi connectivity index (χ2n) is 4.54. The van der Waals surface area contributed by atoms with Gasteiger partial charge in [-0.15, -0.1) is 12.4 Å². The van der Waals surface area contributed by atoms with E-state index in [4.69, 9.17) is 10.3 Å². The maximum atomic E-state index is 5.47. The Kier molecular flexibility index (Phi) is 5.98. The van der Waals surface area contributed by atoms with Crippen LogP contribution < -0.4 is 10.6 Å². The van der Waals surface area contributed by atoms with Gasteiger partial charge in [0, 0.05) is 12.2 Å². The Balaban J connectivity index is 0.00000200. The first-order valence-electron chi connectivity index (χ1n) is 6.48. The van der Waals surface area contributed by atoms with E-state index < -0.39 is 0 Å². The first-order valence-corrected chi connectivity index (χ1v) is 6.48. The van der Waals surface area contributed by atoms with Gasteiger partial charge in [0.25, 0.3) is 0 Å². The van der Waals surface area contributed by atoms with Crippen molar-refractivity contribution in [1.82, 2.24) is 10.1 Å². The number of benzene rings is 1. The predicted molar refractivity (Wildman–Crippen MR) is 82.1 cm³/mol. The molecule has 20 heavy (non-hydrogen) atoms. The minimum absolute atomic E-state index is 0. The maximum Gasteiger partial charge on any atom is 0.240 e. The van der Waals surface area contributed by atoms with Gasteiger partial charge in [-0.25, -0.2) is 0 Å². The lowest BCUT2D eigenvalue weighted by Gasteiger charge is -2.24. The van der Waals surface area contributed by atoms with Crippen LogP contribution in [0.5, 0.6) is 0 Å². The highest BCUT2D eigenvalue weighted by molar-refractivity contribution is 5.85. The zero-order valence-corrected chi connectivity index (χ0v) is 12.9. The fraction of sp³-hybridized carbons (Fsp3) is 0.429. The topological polar surface area (TPSA) is 68.2 Å². The summed E-state index contributed by atoms with van der Waals surface area (Å²) in [6.45, 7) is 8.16. The second kappa shape index (κ2) is 7.26. The normalized spacial score (nSPS) is 10.2. The number of rotatable bonds is 5. The molecule has 0 amide bonds. The predicted octanol–water partition coefficient (Wildman–Crippen LogP) is 2.59. The quantitative estimate of drug-likeness (QED) is 0.918. The van der Waals surface area contributed by atoms with Crippen LogP contribution >= 0.6 is 12.4 Å². The van der Waals surface area contributed by atoms with Crippen LogP contribution in [-0.4, -0.2) is 16.7 Å². The molecule has 110 valence electrons. The van der Waals surface area contributed by atoms with E-state index in [0.29, 0.717) is 18.3 Å². The fourth-order valence-electron chi connectivity index (χ4n) is 2.05. The average molecular weight is 297 g/mol. The first kappa shape index (κ1) is 16.5. The van der Waals surface area contributed by atoms with Crippen molar-refractivity contribution in [2.45, 2.75) is 33.9 Å². The molecule has 6 heteroatoms. The van der Waals surface area contributed by atoms with E-state index in [9.17, 15) is 0 Å².